The van der Waals surface area contributed by atoms with Gasteiger partial charge in [0.1, 0.15) is 11.6 Å². The molecule has 1 saturated heterocycles. The largest absolute Gasteiger partial charge is 0.454 e. The summed E-state index contributed by atoms with van der Waals surface area (Å²) >= 11 is 0. The van der Waals surface area contributed by atoms with Gasteiger partial charge in [0.05, 0.1) is 0 Å². The van der Waals surface area contributed by atoms with Crippen molar-refractivity contribution in [3.63, 3.8) is 0 Å². The van der Waals surface area contributed by atoms with Gasteiger partial charge in [-0.15, -0.1) is 0 Å². The second-order valence-electron chi connectivity index (χ2n) is 7.49. The summed E-state index contributed by atoms with van der Waals surface area (Å²) in [5.74, 6) is -0.822. The van der Waals surface area contributed by atoms with E-state index in [0.717, 1.165) is 25.7 Å². The van der Waals surface area contributed by atoms with Crippen LogP contribution in [-0.2, 0) is 19.1 Å². The van der Waals surface area contributed by atoms with Gasteiger partial charge in [0, 0.05) is 12.6 Å². The Morgan fingerprint density at radius 1 is 1.08 bits per heavy atom. The lowest BCUT2D eigenvalue weighted by Gasteiger charge is -2.27. The minimum absolute atomic E-state index is 0.195. The summed E-state index contributed by atoms with van der Waals surface area (Å²) in [5.41, 5.74) is -0.616. The Kier molecular flexibility index (Phi) is 6.07. The topological polar surface area (TPSA) is 84.9 Å². The molecule has 2 aliphatic rings. The fraction of sp³-hybridized carbons (Fsp3) is 0.824. The zero-order chi connectivity index (χ0) is 17.7. The molecule has 1 aliphatic heterocycles. The summed E-state index contributed by atoms with van der Waals surface area (Å²) in [6.07, 6.45) is 4.94. The first-order chi connectivity index (χ1) is 11.3. The molecule has 0 aromatic carbocycles. The Labute approximate surface area is 143 Å². The molecule has 7 nitrogen and oxygen atoms in total. The number of nitrogens with zero attached hydrogens (tertiary/aromatic N) is 1. The minimum Gasteiger partial charge on any atom is -0.454 e. The van der Waals surface area contributed by atoms with E-state index in [0.29, 0.717) is 19.4 Å². The van der Waals surface area contributed by atoms with Gasteiger partial charge in [-0.2, -0.15) is 0 Å². The molecule has 0 spiro atoms. The Morgan fingerprint density at radius 3 is 2.38 bits per heavy atom. The summed E-state index contributed by atoms with van der Waals surface area (Å²) in [6.45, 7) is 5.50. The minimum atomic E-state index is -0.667. The molecule has 2 amide bonds. The van der Waals surface area contributed by atoms with Crippen LogP contribution in [0, 0.1) is 0 Å². The van der Waals surface area contributed by atoms with E-state index in [4.69, 9.17) is 9.47 Å². The summed E-state index contributed by atoms with van der Waals surface area (Å²) < 4.78 is 10.4. The highest BCUT2D eigenvalue weighted by Crippen LogP contribution is 2.22. The molecule has 2 rings (SSSR count). The highest BCUT2D eigenvalue weighted by Gasteiger charge is 2.37. The quantitative estimate of drug-likeness (QED) is 0.791. The average molecular weight is 340 g/mol. The number of esters is 1. The van der Waals surface area contributed by atoms with E-state index in [1.54, 1.807) is 20.8 Å². The van der Waals surface area contributed by atoms with Crippen LogP contribution in [-0.4, -0.2) is 53.7 Å². The highest BCUT2D eigenvalue weighted by atomic mass is 16.6. The fourth-order valence-electron chi connectivity index (χ4n) is 3.12. The van der Waals surface area contributed by atoms with Crippen LogP contribution in [0.3, 0.4) is 0 Å². The van der Waals surface area contributed by atoms with E-state index in [-0.39, 0.29) is 18.6 Å². The van der Waals surface area contributed by atoms with Gasteiger partial charge in [0.15, 0.2) is 6.61 Å². The molecule has 1 aliphatic carbocycles. The van der Waals surface area contributed by atoms with Crippen LogP contribution in [0.5, 0.6) is 0 Å². The SMILES string of the molecule is CC(C)(C)OC(=O)N1CCC[C@H]1C(=O)OCC(=O)NC1CCCC1. The van der Waals surface area contributed by atoms with Crippen LogP contribution < -0.4 is 5.32 Å². The first-order valence-corrected chi connectivity index (χ1v) is 8.72. The molecule has 0 bridgehead atoms. The van der Waals surface area contributed by atoms with Gasteiger partial charge < -0.3 is 14.8 Å². The van der Waals surface area contributed by atoms with Crippen LogP contribution >= 0.6 is 0 Å². The molecule has 1 saturated carbocycles. The smallest absolute Gasteiger partial charge is 0.411 e. The molecule has 7 heteroatoms. The number of nitrogens with one attached hydrogen (secondary N) is 1. The molecule has 2 fully saturated rings. The number of hydrogen-bond acceptors (Lipinski definition) is 5. The molecule has 136 valence electrons. The molecular formula is C17H28N2O5. The van der Waals surface area contributed by atoms with Crippen molar-refractivity contribution in [1.29, 1.82) is 0 Å². The maximum atomic E-state index is 12.2. The van der Waals surface area contributed by atoms with Crippen LogP contribution in [0.2, 0.25) is 0 Å². The molecule has 24 heavy (non-hydrogen) atoms. The predicted octanol–water partition coefficient (Wildman–Crippen LogP) is 1.99. The van der Waals surface area contributed by atoms with Gasteiger partial charge in [-0.1, -0.05) is 12.8 Å². The molecule has 0 aromatic heterocycles. The number of ether oxygens (including phenoxy) is 2. The molecule has 1 heterocycles. The van der Waals surface area contributed by atoms with Crippen molar-refractivity contribution in [2.45, 2.75) is 77.0 Å². The summed E-state index contributed by atoms with van der Waals surface area (Å²) in [7, 11) is 0. The normalized spacial score (nSPS) is 21.6. The van der Waals surface area contributed by atoms with Gasteiger partial charge in [0.25, 0.3) is 5.91 Å². The van der Waals surface area contributed by atoms with Gasteiger partial charge >= 0.3 is 12.1 Å². The van der Waals surface area contributed by atoms with Gasteiger partial charge in [0.2, 0.25) is 0 Å². The maximum Gasteiger partial charge on any atom is 0.411 e. The molecular weight excluding hydrogens is 312 g/mol. The first kappa shape index (κ1) is 18.5. The van der Waals surface area contributed by atoms with Crippen LogP contribution in [0.1, 0.15) is 59.3 Å². The monoisotopic (exact) mass is 340 g/mol. The average Bonchev–Trinajstić information content (AvgIpc) is 3.13. The van der Waals surface area contributed by atoms with Crippen molar-refractivity contribution in [2.24, 2.45) is 0 Å². The van der Waals surface area contributed by atoms with Crippen molar-refractivity contribution in [1.82, 2.24) is 10.2 Å². The van der Waals surface area contributed by atoms with E-state index < -0.39 is 23.7 Å². The van der Waals surface area contributed by atoms with Crippen LogP contribution in [0.25, 0.3) is 0 Å². The zero-order valence-corrected chi connectivity index (χ0v) is 14.8. The van der Waals surface area contributed by atoms with Crippen molar-refractivity contribution in [3.8, 4) is 0 Å². The molecule has 0 radical (unpaired) electrons. The van der Waals surface area contributed by atoms with Crippen molar-refractivity contribution >= 4 is 18.0 Å². The van der Waals surface area contributed by atoms with Crippen LogP contribution in [0.15, 0.2) is 0 Å². The van der Waals surface area contributed by atoms with E-state index in [2.05, 4.69) is 5.32 Å². The third-order valence-electron chi connectivity index (χ3n) is 4.22. The van der Waals surface area contributed by atoms with Crippen LogP contribution in [0.4, 0.5) is 4.79 Å². The van der Waals surface area contributed by atoms with Crippen molar-refractivity contribution in [3.05, 3.63) is 0 Å². The van der Waals surface area contributed by atoms with E-state index in [1.165, 1.54) is 4.90 Å². The summed E-state index contributed by atoms with van der Waals surface area (Å²) in [5, 5.41) is 2.87. The number of likely N-dealkylation sites (tertiary alicyclic amines) is 1. The second-order valence-corrected chi connectivity index (χ2v) is 7.49. The lowest BCUT2D eigenvalue weighted by molar-refractivity contribution is -0.152. The highest BCUT2D eigenvalue weighted by molar-refractivity contribution is 5.85. The fourth-order valence-corrected chi connectivity index (χ4v) is 3.12. The maximum absolute atomic E-state index is 12.2. The van der Waals surface area contributed by atoms with Gasteiger partial charge in [-0.05, 0) is 46.5 Å². The lowest BCUT2D eigenvalue weighted by atomic mass is 10.2. The molecule has 1 atom stereocenters. The van der Waals surface area contributed by atoms with Crippen molar-refractivity contribution in [2.75, 3.05) is 13.2 Å². The standard InChI is InChI=1S/C17H28N2O5/c1-17(2,3)24-16(22)19-10-6-9-13(19)15(21)23-11-14(20)18-12-7-4-5-8-12/h12-13H,4-11H2,1-3H3,(H,18,20)/t13-/m0/s1. The Balaban J connectivity index is 1.79. The Bertz CT molecular complexity index is 480. The van der Waals surface area contributed by atoms with Crippen molar-refractivity contribution < 1.29 is 23.9 Å². The second kappa shape index (κ2) is 7.85. The van der Waals surface area contributed by atoms with E-state index in [1.807, 2.05) is 0 Å². The number of hydrogen-bond donors (Lipinski definition) is 1. The molecule has 0 unspecified atom stereocenters. The Morgan fingerprint density at radius 2 is 1.75 bits per heavy atom. The third-order valence-corrected chi connectivity index (χ3v) is 4.22. The number of carbonyl (C=O) groups excluding carboxylic acids is 3. The van der Waals surface area contributed by atoms with Gasteiger partial charge in [-0.3, -0.25) is 9.69 Å². The summed E-state index contributed by atoms with van der Waals surface area (Å²) in [6, 6.07) is -0.472. The predicted molar refractivity (Wildman–Crippen MR) is 87.3 cm³/mol. The van der Waals surface area contributed by atoms with Gasteiger partial charge in [-0.25, -0.2) is 9.59 Å². The first-order valence-electron chi connectivity index (χ1n) is 8.72. The summed E-state index contributed by atoms with van der Waals surface area (Å²) in [4.78, 5) is 37.6. The van der Waals surface area contributed by atoms with E-state index in [9.17, 15) is 14.4 Å². The number of amides is 2. The third kappa shape index (κ3) is 5.39. The molecule has 0 aromatic rings. The lowest BCUT2D eigenvalue weighted by Crippen LogP contribution is -2.45. The zero-order valence-electron chi connectivity index (χ0n) is 14.8. The van der Waals surface area contributed by atoms with E-state index >= 15 is 0 Å². The number of carbonyl (C=O) groups is 3. The number of rotatable bonds is 4. The molecule has 1 N–H and O–H groups in total. The Hall–Kier alpha value is -1.79.